The molecule has 5 heterocycles. The highest BCUT2D eigenvalue weighted by Gasteiger charge is 2.34. The first-order valence-corrected chi connectivity index (χ1v) is 14.1. The normalized spacial score (nSPS) is 15.6. The molecule has 5 rings (SSSR count). The molecule has 4 aromatic heterocycles. The first-order chi connectivity index (χ1) is 20.4. The van der Waals surface area contributed by atoms with E-state index in [1.165, 1.54) is 12.0 Å². The zero-order chi connectivity index (χ0) is 31.1. The van der Waals surface area contributed by atoms with Gasteiger partial charge in [-0.05, 0) is 50.6 Å². The van der Waals surface area contributed by atoms with Gasteiger partial charge in [0.15, 0.2) is 0 Å². The van der Waals surface area contributed by atoms with E-state index >= 15 is 0 Å². The van der Waals surface area contributed by atoms with Crippen LogP contribution in [-0.4, -0.2) is 80.9 Å². The van der Waals surface area contributed by atoms with Gasteiger partial charge in [-0.15, -0.1) is 0 Å². The highest BCUT2D eigenvalue weighted by molar-refractivity contribution is 5.97. The third kappa shape index (κ3) is 6.32. The van der Waals surface area contributed by atoms with Crippen LogP contribution in [0.1, 0.15) is 45.8 Å². The maximum atomic E-state index is 13.7. The number of alkyl halides is 3. The number of aromatic nitrogens is 4. The van der Waals surface area contributed by atoms with Crippen LogP contribution in [-0.2, 0) is 13.6 Å². The van der Waals surface area contributed by atoms with E-state index in [-0.39, 0.29) is 24.1 Å². The van der Waals surface area contributed by atoms with Crippen molar-refractivity contribution in [2.45, 2.75) is 39.5 Å². The summed E-state index contributed by atoms with van der Waals surface area (Å²) in [5, 5.41) is 7.16. The summed E-state index contributed by atoms with van der Waals surface area (Å²) in [6, 6.07) is 7.21. The van der Waals surface area contributed by atoms with Gasteiger partial charge in [0.25, 0.3) is 11.5 Å². The number of piperazine rings is 1. The average Bonchev–Trinajstić information content (AvgIpc) is 3.56. The Morgan fingerprint density at radius 2 is 1.88 bits per heavy atom. The zero-order valence-electron chi connectivity index (χ0n) is 24.9. The van der Waals surface area contributed by atoms with Crippen LogP contribution in [0.25, 0.3) is 16.8 Å². The van der Waals surface area contributed by atoms with Crippen LogP contribution in [0.3, 0.4) is 0 Å². The van der Waals surface area contributed by atoms with Gasteiger partial charge in [-0.25, -0.2) is 0 Å². The quantitative estimate of drug-likeness (QED) is 0.320. The second-order valence-corrected chi connectivity index (χ2v) is 11.0. The van der Waals surface area contributed by atoms with Gasteiger partial charge < -0.3 is 19.4 Å². The number of pyridine rings is 2. The van der Waals surface area contributed by atoms with Crippen LogP contribution in [0.2, 0.25) is 0 Å². The minimum absolute atomic E-state index is 0.0322. The summed E-state index contributed by atoms with van der Waals surface area (Å²) in [4.78, 5) is 32.6. The summed E-state index contributed by atoms with van der Waals surface area (Å²) in [7, 11) is 3.33. The summed E-state index contributed by atoms with van der Waals surface area (Å²) in [6.07, 6.45) is -0.519. The largest absolute Gasteiger partial charge is 0.496 e. The smallest absolute Gasteiger partial charge is 0.401 e. The van der Waals surface area contributed by atoms with Crippen LogP contribution in [0.4, 0.5) is 13.2 Å². The fourth-order valence-corrected chi connectivity index (χ4v) is 5.96. The zero-order valence-corrected chi connectivity index (χ0v) is 24.9. The number of aromatic amines is 1. The first-order valence-electron chi connectivity index (χ1n) is 14.1. The molecule has 1 atom stereocenters. The molecule has 1 saturated heterocycles. The van der Waals surface area contributed by atoms with Crippen LogP contribution < -0.4 is 15.6 Å². The molecular formula is C30H36F3N7O3. The standard InChI is InChI=1S/C30H36F3N7O3/c1-18-12-26(43-5)24(29(42)36-18)15-34-28(41)23-14-22-13-21(25-6-7-35-37(25)4)16-40(22)27(19(23)2)20(3)39-10-8-38(9-11-39)17-30(31,32)33/h6-7,12-14,16,20H,8-11,15,17H2,1-5H3,(H,34,41)(H,36,42). The Morgan fingerprint density at radius 3 is 2.51 bits per heavy atom. The predicted octanol–water partition coefficient (Wildman–Crippen LogP) is 3.82. The Kier molecular flexibility index (Phi) is 8.39. The number of ether oxygens (including phenoxy) is 1. The van der Waals surface area contributed by atoms with Crippen molar-refractivity contribution in [1.29, 1.82) is 0 Å². The Labute approximate surface area is 247 Å². The number of aryl methyl sites for hydroxylation is 2. The van der Waals surface area contributed by atoms with E-state index in [0.717, 1.165) is 28.0 Å². The van der Waals surface area contributed by atoms with Gasteiger partial charge in [-0.2, -0.15) is 18.3 Å². The molecule has 0 bridgehead atoms. The van der Waals surface area contributed by atoms with E-state index in [2.05, 4.69) is 24.7 Å². The lowest BCUT2D eigenvalue weighted by Gasteiger charge is -2.39. The molecule has 1 aliphatic rings. The van der Waals surface area contributed by atoms with Crippen molar-refractivity contribution in [3.05, 3.63) is 75.1 Å². The van der Waals surface area contributed by atoms with Crippen molar-refractivity contribution in [3.8, 4) is 17.0 Å². The number of carbonyl (C=O) groups is 1. The summed E-state index contributed by atoms with van der Waals surface area (Å²) in [5.74, 6) is 0.0360. The molecule has 0 saturated carbocycles. The maximum Gasteiger partial charge on any atom is 0.401 e. The van der Waals surface area contributed by atoms with Crippen molar-refractivity contribution in [3.63, 3.8) is 0 Å². The Hall–Kier alpha value is -4.10. The third-order valence-electron chi connectivity index (χ3n) is 8.18. The highest BCUT2D eigenvalue weighted by Crippen LogP contribution is 2.32. The van der Waals surface area contributed by atoms with Gasteiger partial charge in [0.05, 0.1) is 31.5 Å². The first kappa shape index (κ1) is 30.4. The molecule has 2 N–H and O–H groups in total. The van der Waals surface area contributed by atoms with Gasteiger partial charge in [-0.1, -0.05) is 0 Å². The molecule has 1 amide bonds. The van der Waals surface area contributed by atoms with E-state index in [9.17, 15) is 22.8 Å². The molecular weight excluding hydrogens is 563 g/mol. The molecule has 10 nitrogen and oxygen atoms in total. The minimum Gasteiger partial charge on any atom is -0.496 e. The molecule has 0 spiro atoms. The topological polar surface area (TPSA) is 99.9 Å². The fourth-order valence-electron chi connectivity index (χ4n) is 5.96. The molecule has 43 heavy (non-hydrogen) atoms. The molecule has 0 aromatic carbocycles. The Balaban J connectivity index is 1.50. The maximum absolute atomic E-state index is 13.7. The van der Waals surface area contributed by atoms with Crippen LogP contribution >= 0.6 is 0 Å². The summed E-state index contributed by atoms with van der Waals surface area (Å²) in [6.45, 7) is 6.20. The number of rotatable bonds is 8. The average molecular weight is 600 g/mol. The number of methoxy groups -OCH3 is 1. The molecule has 1 aliphatic heterocycles. The Bertz CT molecular complexity index is 1700. The SMILES string of the molecule is COc1cc(C)[nH]c(=O)c1CNC(=O)c1cc2cc(-c3ccnn3C)cn2c(C(C)N2CCN(CC(F)(F)F)CC2)c1C. The number of fused-ring (bicyclic) bond motifs is 1. The van der Waals surface area contributed by atoms with E-state index < -0.39 is 12.7 Å². The second-order valence-electron chi connectivity index (χ2n) is 11.0. The van der Waals surface area contributed by atoms with Crippen molar-refractivity contribution in [2.24, 2.45) is 7.05 Å². The molecule has 13 heteroatoms. The number of carbonyl (C=O) groups excluding carboxylic acids is 1. The minimum atomic E-state index is -4.24. The van der Waals surface area contributed by atoms with Gasteiger partial charge >= 0.3 is 6.18 Å². The van der Waals surface area contributed by atoms with E-state index in [1.54, 1.807) is 23.9 Å². The summed E-state index contributed by atoms with van der Waals surface area (Å²) in [5.41, 5.74) is 5.28. The van der Waals surface area contributed by atoms with Gasteiger partial charge in [0.1, 0.15) is 5.75 Å². The van der Waals surface area contributed by atoms with E-state index in [4.69, 9.17) is 4.74 Å². The monoisotopic (exact) mass is 599 g/mol. The van der Waals surface area contributed by atoms with Gasteiger partial charge in [0.2, 0.25) is 0 Å². The highest BCUT2D eigenvalue weighted by atomic mass is 19.4. The molecule has 1 fully saturated rings. The number of H-pyrrole nitrogens is 1. The molecule has 230 valence electrons. The molecule has 4 aromatic rings. The molecule has 0 radical (unpaired) electrons. The van der Waals surface area contributed by atoms with Crippen molar-refractivity contribution >= 4 is 11.4 Å². The van der Waals surface area contributed by atoms with Crippen molar-refractivity contribution in [2.75, 3.05) is 39.8 Å². The van der Waals surface area contributed by atoms with Crippen LogP contribution in [0.5, 0.6) is 5.75 Å². The predicted molar refractivity (Wildman–Crippen MR) is 156 cm³/mol. The van der Waals surface area contributed by atoms with Gasteiger partial charge in [0, 0.05) is 79.7 Å². The molecule has 0 aliphatic carbocycles. The van der Waals surface area contributed by atoms with Gasteiger partial charge in [-0.3, -0.25) is 24.1 Å². The lowest BCUT2D eigenvalue weighted by atomic mass is 10.0. The summed E-state index contributed by atoms with van der Waals surface area (Å²) >= 11 is 0. The lowest BCUT2D eigenvalue weighted by molar-refractivity contribution is -0.149. The van der Waals surface area contributed by atoms with Crippen molar-refractivity contribution < 1.29 is 22.7 Å². The summed E-state index contributed by atoms with van der Waals surface area (Å²) < 4.78 is 48.1. The molecule has 1 unspecified atom stereocenters. The van der Waals surface area contributed by atoms with E-state index in [0.29, 0.717) is 48.7 Å². The fraction of sp³-hybridized carbons (Fsp3) is 0.433. The Morgan fingerprint density at radius 1 is 1.16 bits per heavy atom. The second kappa shape index (κ2) is 11.9. The lowest BCUT2D eigenvalue weighted by Crippen LogP contribution is -2.49. The van der Waals surface area contributed by atoms with Crippen LogP contribution in [0, 0.1) is 13.8 Å². The van der Waals surface area contributed by atoms with Crippen LogP contribution in [0.15, 0.2) is 41.5 Å². The number of amides is 1. The number of hydrogen-bond donors (Lipinski definition) is 2. The third-order valence-corrected chi connectivity index (χ3v) is 8.18. The number of halogens is 3. The van der Waals surface area contributed by atoms with E-state index in [1.807, 2.05) is 45.3 Å². The van der Waals surface area contributed by atoms with Crippen molar-refractivity contribution in [1.82, 2.24) is 34.3 Å². The number of nitrogens with zero attached hydrogens (tertiary/aromatic N) is 5. The number of nitrogens with one attached hydrogen (secondary N) is 2. The number of hydrogen-bond acceptors (Lipinski definition) is 6.